The smallest absolute Gasteiger partial charge is 0.345 e. The van der Waals surface area contributed by atoms with Gasteiger partial charge in [0, 0.05) is 29.7 Å². The molecule has 1 aromatic carbocycles. The molecular weight excluding hydrogens is 362 g/mol. The Labute approximate surface area is 161 Å². The number of benzene rings is 1. The molecule has 2 aromatic rings. The van der Waals surface area contributed by atoms with Crippen LogP contribution in [0.3, 0.4) is 0 Å². The van der Waals surface area contributed by atoms with Crippen molar-refractivity contribution in [2.24, 2.45) is 0 Å². The molecule has 0 bridgehead atoms. The number of aromatic nitrogens is 2. The molecule has 1 atom stereocenters. The largest absolute Gasteiger partial charge is 0.478 e. The SMILES string of the molecule is CCOC(=O)c1cnc2n(c1=O)C(C)CC/C2=C\Nc1cccc(C(=O)O)c1. The first-order chi connectivity index (χ1) is 13.4. The number of hydrogen-bond acceptors (Lipinski definition) is 6. The van der Waals surface area contributed by atoms with E-state index in [1.165, 1.54) is 22.9 Å². The highest BCUT2D eigenvalue weighted by atomic mass is 16.5. The van der Waals surface area contributed by atoms with E-state index in [0.29, 0.717) is 24.4 Å². The van der Waals surface area contributed by atoms with Crippen LogP contribution >= 0.6 is 0 Å². The number of carboxylic acid groups (broad SMARTS) is 1. The van der Waals surface area contributed by atoms with Gasteiger partial charge in [-0.25, -0.2) is 14.6 Å². The van der Waals surface area contributed by atoms with E-state index < -0.39 is 17.5 Å². The molecule has 2 heterocycles. The van der Waals surface area contributed by atoms with Gasteiger partial charge in [0.25, 0.3) is 5.56 Å². The standard InChI is InChI=1S/C20H21N3O5/c1-3-28-20(27)16-11-22-17-14(8-7-12(2)23(17)18(16)24)10-21-15-6-4-5-13(9-15)19(25)26/h4-6,9-12,21H,3,7-8H2,1-2H3,(H,25,26)/b14-10+. The maximum atomic E-state index is 12.8. The quantitative estimate of drug-likeness (QED) is 0.764. The third-order valence-corrected chi connectivity index (χ3v) is 4.57. The van der Waals surface area contributed by atoms with Gasteiger partial charge in [-0.1, -0.05) is 6.07 Å². The van der Waals surface area contributed by atoms with Crippen LogP contribution in [0, 0.1) is 0 Å². The van der Waals surface area contributed by atoms with Gasteiger partial charge in [0.05, 0.1) is 12.2 Å². The number of rotatable bonds is 5. The highest BCUT2D eigenvalue weighted by Gasteiger charge is 2.25. The number of anilines is 1. The molecule has 8 nitrogen and oxygen atoms in total. The lowest BCUT2D eigenvalue weighted by molar-refractivity contribution is 0.0522. The Bertz CT molecular complexity index is 1010. The Morgan fingerprint density at radius 3 is 2.93 bits per heavy atom. The van der Waals surface area contributed by atoms with Crippen LogP contribution in [0.1, 0.15) is 59.3 Å². The van der Waals surface area contributed by atoms with Crippen molar-refractivity contribution in [3.05, 3.63) is 64.0 Å². The summed E-state index contributed by atoms with van der Waals surface area (Å²) in [4.78, 5) is 40.2. The zero-order valence-electron chi connectivity index (χ0n) is 15.6. The van der Waals surface area contributed by atoms with Crippen molar-refractivity contribution in [2.75, 3.05) is 11.9 Å². The summed E-state index contributed by atoms with van der Waals surface area (Å²) in [6.45, 7) is 3.76. The number of nitrogens with zero attached hydrogens (tertiary/aromatic N) is 2. The van der Waals surface area contributed by atoms with Crippen LogP contribution in [-0.4, -0.2) is 33.2 Å². The molecular formula is C20H21N3O5. The molecule has 1 aliphatic rings. The number of carbonyl (C=O) groups is 2. The predicted octanol–water partition coefficient (Wildman–Crippen LogP) is 2.93. The van der Waals surface area contributed by atoms with Crippen LogP contribution in [0.4, 0.5) is 5.69 Å². The zero-order valence-corrected chi connectivity index (χ0v) is 15.6. The number of ether oxygens (including phenoxy) is 1. The van der Waals surface area contributed by atoms with Crippen molar-refractivity contribution in [1.82, 2.24) is 9.55 Å². The minimum absolute atomic E-state index is 0.0826. The molecule has 3 rings (SSSR count). The first kappa shape index (κ1) is 19.3. The Balaban J connectivity index is 1.95. The molecule has 8 heteroatoms. The lowest BCUT2D eigenvalue weighted by Crippen LogP contribution is -2.34. The summed E-state index contributed by atoms with van der Waals surface area (Å²) in [5, 5.41) is 12.2. The summed E-state index contributed by atoms with van der Waals surface area (Å²) in [7, 11) is 0. The number of carboxylic acids is 1. The average Bonchev–Trinajstić information content (AvgIpc) is 2.68. The zero-order chi connectivity index (χ0) is 20.3. The summed E-state index contributed by atoms with van der Waals surface area (Å²) < 4.78 is 6.44. The van der Waals surface area contributed by atoms with Crippen molar-refractivity contribution >= 4 is 23.2 Å². The monoisotopic (exact) mass is 383 g/mol. The topological polar surface area (TPSA) is 111 Å². The fourth-order valence-electron chi connectivity index (χ4n) is 3.12. The van der Waals surface area contributed by atoms with E-state index in [2.05, 4.69) is 10.3 Å². The lowest BCUT2D eigenvalue weighted by Gasteiger charge is -2.26. The van der Waals surface area contributed by atoms with Crippen LogP contribution in [0.2, 0.25) is 0 Å². The Morgan fingerprint density at radius 2 is 2.21 bits per heavy atom. The summed E-state index contributed by atoms with van der Waals surface area (Å²) in [6.07, 6.45) is 4.37. The van der Waals surface area contributed by atoms with E-state index in [1.807, 2.05) is 6.92 Å². The second-order valence-corrected chi connectivity index (χ2v) is 6.48. The number of fused-ring (bicyclic) bond motifs is 1. The number of carbonyl (C=O) groups excluding carboxylic acids is 1. The van der Waals surface area contributed by atoms with Gasteiger partial charge >= 0.3 is 11.9 Å². The van der Waals surface area contributed by atoms with Gasteiger partial charge in [0.15, 0.2) is 0 Å². The molecule has 1 aliphatic heterocycles. The molecule has 2 N–H and O–H groups in total. The summed E-state index contributed by atoms with van der Waals surface area (Å²) in [5.41, 5.74) is 1.08. The highest BCUT2D eigenvalue weighted by Crippen LogP contribution is 2.30. The molecule has 0 spiro atoms. The number of hydrogen-bond donors (Lipinski definition) is 2. The van der Waals surface area contributed by atoms with Crippen LogP contribution in [0.25, 0.3) is 5.57 Å². The number of allylic oxidation sites excluding steroid dienone is 1. The lowest BCUT2D eigenvalue weighted by atomic mass is 10.0. The second-order valence-electron chi connectivity index (χ2n) is 6.48. The molecule has 0 saturated heterocycles. The van der Waals surface area contributed by atoms with E-state index in [-0.39, 0.29) is 23.8 Å². The van der Waals surface area contributed by atoms with E-state index in [1.54, 1.807) is 25.3 Å². The van der Waals surface area contributed by atoms with E-state index in [9.17, 15) is 14.4 Å². The van der Waals surface area contributed by atoms with Gasteiger partial charge in [-0.3, -0.25) is 9.36 Å². The Hall–Kier alpha value is -3.42. The molecule has 0 saturated carbocycles. The molecule has 0 amide bonds. The average molecular weight is 383 g/mol. The van der Waals surface area contributed by atoms with Crippen molar-refractivity contribution in [3.63, 3.8) is 0 Å². The molecule has 1 unspecified atom stereocenters. The third-order valence-electron chi connectivity index (χ3n) is 4.57. The van der Waals surface area contributed by atoms with Crippen molar-refractivity contribution < 1.29 is 19.4 Å². The minimum atomic E-state index is -1.01. The van der Waals surface area contributed by atoms with Crippen molar-refractivity contribution in [1.29, 1.82) is 0 Å². The predicted molar refractivity (Wildman–Crippen MR) is 103 cm³/mol. The first-order valence-corrected chi connectivity index (χ1v) is 9.00. The van der Waals surface area contributed by atoms with E-state index >= 15 is 0 Å². The fraction of sp³-hybridized carbons (Fsp3) is 0.300. The normalized spacial score (nSPS) is 17.1. The number of esters is 1. The van der Waals surface area contributed by atoms with Gasteiger partial charge in [-0.2, -0.15) is 0 Å². The highest BCUT2D eigenvalue weighted by molar-refractivity contribution is 5.89. The van der Waals surface area contributed by atoms with Gasteiger partial charge in [0.1, 0.15) is 11.4 Å². The third kappa shape index (κ3) is 3.80. The van der Waals surface area contributed by atoms with E-state index in [0.717, 1.165) is 5.57 Å². The summed E-state index contributed by atoms with van der Waals surface area (Å²) >= 11 is 0. The number of nitrogens with one attached hydrogen (secondary N) is 1. The number of aromatic carboxylic acids is 1. The molecule has 1 aromatic heterocycles. The first-order valence-electron chi connectivity index (χ1n) is 9.00. The second kappa shape index (κ2) is 8.08. The van der Waals surface area contributed by atoms with Crippen LogP contribution < -0.4 is 10.9 Å². The summed E-state index contributed by atoms with van der Waals surface area (Å²) in [6, 6.07) is 6.33. The van der Waals surface area contributed by atoms with Gasteiger partial charge < -0.3 is 15.2 Å². The van der Waals surface area contributed by atoms with Crippen molar-refractivity contribution in [3.8, 4) is 0 Å². The van der Waals surface area contributed by atoms with Crippen LogP contribution in [-0.2, 0) is 4.74 Å². The molecule has 0 radical (unpaired) electrons. The molecule has 146 valence electrons. The summed E-state index contributed by atoms with van der Waals surface area (Å²) in [5.74, 6) is -1.20. The molecule has 0 aliphatic carbocycles. The molecule has 28 heavy (non-hydrogen) atoms. The fourth-order valence-corrected chi connectivity index (χ4v) is 3.12. The maximum absolute atomic E-state index is 12.8. The van der Waals surface area contributed by atoms with Gasteiger partial charge in [0.2, 0.25) is 0 Å². The molecule has 0 fully saturated rings. The Kier molecular flexibility index (Phi) is 5.58. The van der Waals surface area contributed by atoms with E-state index in [4.69, 9.17) is 9.84 Å². The van der Waals surface area contributed by atoms with Crippen LogP contribution in [0.5, 0.6) is 0 Å². The van der Waals surface area contributed by atoms with Gasteiger partial charge in [-0.15, -0.1) is 0 Å². The minimum Gasteiger partial charge on any atom is -0.478 e. The van der Waals surface area contributed by atoms with Crippen molar-refractivity contribution in [2.45, 2.75) is 32.7 Å². The van der Waals surface area contributed by atoms with Crippen LogP contribution in [0.15, 0.2) is 41.5 Å². The maximum Gasteiger partial charge on any atom is 0.345 e. The van der Waals surface area contributed by atoms with Gasteiger partial charge in [-0.05, 0) is 44.9 Å². The Morgan fingerprint density at radius 1 is 1.43 bits per heavy atom.